The lowest BCUT2D eigenvalue weighted by molar-refractivity contribution is 0.675. The Morgan fingerprint density at radius 3 is 2.57 bits per heavy atom. The van der Waals surface area contributed by atoms with E-state index in [9.17, 15) is 0 Å². The molecule has 0 saturated heterocycles. The second-order valence-electron chi connectivity index (χ2n) is 4.19. The molecule has 2 rings (SSSR count). The minimum atomic E-state index is 0.319. The Balaban J connectivity index is 2.41. The van der Waals surface area contributed by atoms with E-state index >= 15 is 0 Å². The monoisotopic (exact) mass is 207 g/mol. The van der Waals surface area contributed by atoms with Gasteiger partial charge in [-0.2, -0.15) is 12.6 Å². The van der Waals surface area contributed by atoms with Crippen molar-refractivity contribution in [3.8, 4) is 0 Å². The molecule has 0 aliphatic heterocycles. The van der Waals surface area contributed by atoms with E-state index in [4.69, 9.17) is 5.73 Å². The Hall–Kier alpha value is -0.470. The molecular formula is C12H17NS. The molecule has 0 aromatic heterocycles. The molecule has 0 heterocycles. The Labute approximate surface area is 91.1 Å². The normalized spacial score (nSPS) is 20.5. The number of hydrogen-bond donors (Lipinski definition) is 2. The highest BCUT2D eigenvalue weighted by Crippen LogP contribution is 2.53. The molecule has 76 valence electrons. The van der Waals surface area contributed by atoms with Crippen molar-refractivity contribution in [2.45, 2.75) is 37.0 Å². The van der Waals surface area contributed by atoms with Crippen LogP contribution in [0, 0.1) is 0 Å². The molecule has 1 saturated carbocycles. The molecule has 1 aliphatic carbocycles. The summed E-state index contributed by atoms with van der Waals surface area (Å²) < 4.78 is 0. The number of thiol groups is 1. The summed E-state index contributed by atoms with van der Waals surface area (Å²) in [4.78, 5) is 0. The lowest BCUT2D eigenvalue weighted by atomic mass is 9.89. The topological polar surface area (TPSA) is 26.0 Å². The molecule has 1 nitrogen and oxygen atoms in total. The second-order valence-corrected chi connectivity index (χ2v) is 4.97. The summed E-state index contributed by atoms with van der Waals surface area (Å²) >= 11 is 4.60. The SMILES string of the molecule is CC(S)C1(c2ccccc2CN)CC1. The van der Waals surface area contributed by atoms with Crippen LogP contribution in [-0.2, 0) is 12.0 Å². The summed E-state index contributed by atoms with van der Waals surface area (Å²) in [7, 11) is 0. The zero-order valence-corrected chi connectivity index (χ0v) is 9.43. The van der Waals surface area contributed by atoms with Crippen LogP contribution in [0.1, 0.15) is 30.9 Å². The van der Waals surface area contributed by atoms with Crippen LogP contribution in [0.15, 0.2) is 24.3 Å². The molecule has 1 aliphatic rings. The van der Waals surface area contributed by atoms with E-state index in [1.165, 1.54) is 24.0 Å². The van der Waals surface area contributed by atoms with Crippen molar-refractivity contribution in [1.82, 2.24) is 0 Å². The molecular weight excluding hydrogens is 190 g/mol. The summed E-state index contributed by atoms with van der Waals surface area (Å²) in [5.74, 6) is 0. The summed E-state index contributed by atoms with van der Waals surface area (Å²) in [5, 5.41) is 0.426. The maximum atomic E-state index is 5.75. The van der Waals surface area contributed by atoms with Crippen LogP contribution in [0.2, 0.25) is 0 Å². The van der Waals surface area contributed by atoms with E-state index in [2.05, 4.69) is 43.8 Å². The van der Waals surface area contributed by atoms with Gasteiger partial charge in [-0.3, -0.25) is 0 Å². The van der Waals surface area contributed by atoms with Crippen LogP contribution in [0.4, 0.5) is 0 Å². The van der Waals surface area contributed by atoms with Gasteiger partial charge in [0.15, 0.2) is 0 Å². The van der Waals surface area contributed by atoms with Crippen LogP contribution in [0.25, 0.3) is 0 Å². The highest BCUT2D eigenvalue weighted by molar-refractivity contribution is 7.81. The van der Waals surface area contributed by atoms with Gasteiger partial charge in [-0.05, 0) is 24.0 Å². The van der Waals surface area contributed by atoms with Crippen LogP contribution >= 0.6 is 12.6 Å². The lowest BCUT2D eigenvalue weighted by Crippen LogP contribution is -2.20. The van der Waals surface area contributed by atoms with Gasteiger partial charge in [0.25, 0.3) is 0 Å². The third kappa shape index (κ3) is 1.47. The molecule has 2 N–H and O–H groups in total. The third-order valence-electron chi connectivity index (χ3n) is 3.36. The van der Waals surface area contributed by atoms with Gasteiger partial charge in [0.1, 0.15) is 0 Å². The molecule has 1 unspecified atom stereocenters. The second kappa shape index (κ2) is 3.59. The van der Waals surface area contributed by atoms with E-state index in [-0.39, 0.29) is 0 Å². The van der Waals surface area contributed by atoms with E-state index in [0.717, 1.165) is 0 Å². The predicted octanol–water partition coefficient (Wildman–Crippen LogP) is 2.50. The maximum absolute atomic E-state index is 5.75. The molecule has 1 aromatic rings. The average molecular weight is 207 g/mol. The maximum Gasteiger partial charge on any atom is 0.0181 e. The number of nitrogens with two attached hydrogens (primary N) is 1. The fraction of sp³-hybridized carbons (Fsp3) is 0.500. The van der Waals surface area contributed by atoms with E-state index < -0.39 is 0 Å². The first-order valence-corrected chi connectivity index (χ1v) is 5.69. The first-order valence-electron chi connectivity index (χ1n) is 5.17. The Kier molecular flexibility index (Phi) is 2.58. The van der Waals surface area contributed by atoms with Crippen LogP contribution < -0.4 is 5.73 Å². The van der Waals surface area contributed by atoms with Gasteiger partial charge < -0.3 is 5.73 Å². The molecule has 1 fully saturated rings. The lowest BCUT2D eigenvalue weighted by Gasteiger charge is -2.22. The van der Waals surface area contributed by atoms with Gasteiger partial charge in [-0.1, -0.05) is 31.2 Å². The Morgan fingerprint density at radius 1 is 1.43 bits per heavy atom. The average Bonchev–Trinajstić information content (AvgIpc) is 2.98. The molecule has 1 aromatic carbocycles. The van der Waals surface area contributed by atoms with Crippen molar-refractivity contribution in [1.29, 1.82) is 0 Å². The van der Waals surface area contributed by atoms with Crippen molar-refractivity contribution in [3.63, 3.8) is 0 Å². The molecule has 0 radical (unpaired) electrons. The number of hydrogen-bond acceptors (Lipinski definition) is 2. The largest absolute Gasteiger partial charge is 0.326 e. The molecule has 0 amide bonds. The van der Waals surface area contributed by atoms with Gasteiger partial charge >= 0.3 is 0 Å². The highest BCUT2D eigenvalue weighted by Gasteiger charge is 2.48. The van der Waals surface area contributed by atoms with Crippen molar-refractivity contribution < 1.29 is 0 Å². The van der Waals surface area contributed by atoms with E-state index in [0.29, 0.717) is 17.2 Å². The van der Waals surface area contributed by atoms with Crippen molar-refractivity contribution in [3.05, 3.63) is 35.4 Å². The van der Waals surface area contributed by atoms with Gasteiger partial charge in [0.05, 0.1) is 0 Å². The fourth-order valence-electron chi connectivity index (χ4n) is 2.23. The highest BCUT2D eigenvalue weighted by atomic mass is 32.1. The molecule has 2 heteroatoms. The molecule has 1 atom stereocenters. The Bertz CT molecular complexity index is 329. The summed E-state index contributed by atoms with van der Waals surface area (Å²) in [5.41, 5.74) is 8.77. The Morgan fingerprint density at radius 2 is 2.07 bits per heavy atom. The van der Waals surface area contributed by atoms with Gasteiger partial charge in [0.2, 0.25) is 0 Å². The minimum absolute atomic E-state index is 0.319. The smallest absolute Gasteiger partial charge is 0.0181 e. The first kappa shape index (κ1) is 10.1. The quantitative estimate of drug-likeness (QED) is 0.732. The number of rotatable bonds is 3. The summed E-state index contributed by atoms with van der Waals surface area (Å²) in [6.45, 7) is 2.82. The molecule has 0 spiro atoms. The van der Waals surface area contributed by atoms with E-state index in [1.54, 1.807) is 0 Å². The summed E-state index contributed by atoms with van der Waals surface area (Å²) in [6, 6.07) is 8.50. The van der Waals surface area contributed by atoms with Crippen molar-refractivity contribution in [2.75, 3.05) is 0 Å². The van der Waals surface area contributed by atoms with Crippen LogP contribution in [-0.4, -0.2) is 5.25 Å². The van der Waals surface area contributed by atoms with Crippen LogP contribution in [0.3, 0.4) is 0 Å². The summed E-state index contributed by atoms with van der Waals surface area (Å²) in [6.07, 6.45) is 2.52. The zero-order valence-electron chi connectivity index (χ0n) is 8.53. The first-order chi connectivity index (χ1) is 6.70. The van der Waals surface area contributed by atoms with Crippen molar-refractivity contribution >= 4 is 12.6 Å². The van der Waals surface area contributed by atoms with Gasteiger partial charge in [-0.25, -0.2) is 0 Å². The van der Waals surface area contributed by atoms with Crippen molar-refractivity contribution in [2.24, 2.45) is 5.73 Å². The third-order valence-corrected chi connectivity index (χ3v) is 3.86. The standard InChI is InChI=1S/C12H17NS/c1-9(14)12(6-7-12)11-5-3-2-4-10(11)8-13/h2-5,9,14H,6-8,13H2,1H3. The minimum Gasteiger partial charge on any atom is -0.326 e. The predicted molar refractivity (Wildman–Crippen MR) is 63.7 cm³/mol. The molecule has 14 heavy (non-hydrogen) atoms. The zero-order chi connectivity index (χ0) is 10.2. The van der Waals surface area contributed by atoms with Gasteiger partial charge in [0, 0.05) is 17.2 Å². The molecule has 0 bridgehead atoms. The van der Waals surface area contributed by atoms with Crippen LogP contribution in [0.5, 0.6) is 0 Å². The fourth-order valence-corrected chi connectivity index (χ4v) is 2.63. The van der Waals surface area contributed by atoms with Gasteiger partial charge in [-0.15, -0.1) is 0 Å². The van der Waals surface area contributed by atoms with E-state index in [1.807, 2.05) is 0 Å². The number of benzene rings is 1.